The number of carbonyl (C=O) groups excluding carboxylic acids is 1. The van der Waals surface area contributed by atoms with E-state index < -0.39 is 0 Å². The molecule has 2 aromatic carbocycles. The summed E-state index contributed by atoms with van der Waals surface area (Å²) in [7, 11) is 0. The van der Waals surface area contributed by atoms with Crippen LogP contribution in [0.3, 0.4) is 0 Å². The van der Waals surface area contributed by atoms with Gasteiger partial charge in [0.15, 0.2) is 0 Å². The van der Waals surface area contributed by atoms with Crippen LogP contribution in [0.1, 0.15) is 29.5 Å². The molecule has 6 heteroatoms. The Morgan fingerprint density at radius 3 is 2.52 bits per heavy atom. The number of amides is 1. The maximum atomic E-state index is 13.1. The Hall–Kier alpha value is -2.28. The fraction of sp³-hybridized carbons (Fsp3) is 0.480. The highest BCUT2D eigenvalue weighted by atomic mass is 19.1. The summed E-state index contributed by atoms with van der Waals surface area (Å²) in [4.78, 5) is 17.5. The molecular formula is C25H32FN3O2. The number of hydrogen-bond donors (Lipinski definition) is 1. The van der Waals surface area contributed by atoms with Gasteiger partial charge in [0.25, 0.3) is 0 Å². The van der Waals surface area contributed by atoms with Crippen LogP contribution in [0.4, 0.5) is 4.39 Å². The van der Waals surface area contributed by atoms with Gasteiger partial charge in [-0.05, 0) is 48.2 Å². The molecule has 1 amide bonds. The van der Waals surface area contributed by atoms with E-state index in [2.05, 4.69) is 39.4 Å². The van der Waals surface area contributed by atoms with Gasteiger partial charge >= 0.3 is 0 Å². The normalized spacial score (nSPS) is 20.5. The number of morpholine rings is 1. The monoisotopic (exact) mass is 425 g/mol. The van der Waals surface area contributed by atoms with Crippen LogP contribution in [-0.2, 0) is 29.2 Å². The van der Waals surface area contributed by atoms with Crippen molar-refractivity contribution in [3.05, 3.63) is 71.0 Å². The van der Waals surface area contributed by atoms with Crippen molar-refractivity contribution in [2.24, 2.45) is 5.92 Å². The lowest BCUT2D eigenvalue weighted by molar-refractivity contribution is -0.126. The smallest absolute Gasteiger partial charge is 0.224 e. The number of rotatable bonds is 7. The van der Waals surface area contributed by atoms with E-state index in [-0.39, 0.29) is 17.6 Å². The van der Waals surface area contributed by atoms with Crippen LogP contribution in [0.2, 0.25) is 0 Å². The number of piperidine rings is 1. The van der Waals surface area contributed by atoms with Crippen molar-refractivity contribution in [2.75, 3.05) is 39.4 Å². The Morgan fingerprint density at radius 2 is 1.71 bits per heavy atom. The van der Waals surface area contributed by atoms with Gasteiger partial charge in [0.1, 0.15) is 5.82 Å². The second-order valence-electron chi connectivity index (χ2n) is 8.63. The maximum absolute atomic E-state index is 13.1. The van der Waals surface area contributed by atoms with Crippen molar-refractivity contribution in [1.29, 1.82) is 0 Å². The van der Waals surface area contributed by atoms with Gasteiger partial charge in [-0.25, -0.2) is 4.39 Å². The summed E-state index contributed by atoms with van der Waals surface area (Å²) in [5.41, 5.74) is 3.49. The summed E-state index contributed by atoms with van der Waals surface area (Å²) in [5.74, 6) is -0.0817. The van der Waals surface area contributed by atoms with Crippen LogP contribution >= 0.6 is 0 Å². The highest BCUT2D eigenvalue weighted by Crippen LogP contribution is 2.19. The van der Waals surface area contributed by atoms with Gasteiger partial charge in [0.2, 0.25) is 5.91 Å². The highest BCUT2D eigenvalue weighted by molar-refractivity contribution is 5.79. The minimum absolute atomic E-state index is 0.00531. The third-order valence-corrected chi connectivity index (χ3v) is 6.16. The third kappa shape index (κ3) is 6.60. The minimum Gasteiger partial charge on any atom is -0.379 e. The van der Waals surface area contributed by atoms with E-state index in [0.29, 0.717) is 6.54 Å². The van der Waals surface area contributed by atoms with E-state index >= 15 is 0 Å². The van der Waals surface area contributed by atoms with Crippen LogP contribution in [0, 0.1) is 11.7 Å². The number of nitrogens with one attached hydrogen (secondary N) is 1. The molecule has 0 unspecified atom stereocenters. The van der Waals surface area contributed by atoms with Gasteiger partial charge < -0.3 is 10.1 Å². The first-order valence-electron chi connectivity index (χ1n) is 11.3. The molecule has 2 aliphatic rings. The van der Waals surface area contributed by atoms with Crippen molar-refractivity contribution < 1.29 is 13.9 Å². The van der Waals surface area contributed by atoms with E-state index in [4.69, 9.17) is 4.74 Å². The zero-order valence-corrected chi connectivity index (χ0v) is 18.1. The van der Waals surface area contributed by atoms with Crippen LogP contribution in [0.15, 0.2) is 48.5 Å². The topological polar surface area (TPSA) is 44.8 Å². The Morgan fingerprint density at radius 1 is 0.968 bits per heavy atom. The van der Waals surface area contributed by atoms with Crippen molar-refractivity contribution in [1.82, 2.24) is 15.1 Å². The molecule has 0 aromatic heterocycles. The Kier molecular flexibility index (Phi) is 7.67. The fourth-order valence-corrected chi connectivity index (χ4v) is 4.45. The average molecular weight is 426 g/mol. The quantitative estimate of drug-likeness (QED) is 0.740. The number of carbonyl (C=O) groups is 1. The summed E-state index contributed by atoms with van der Waals surface area (Å²) in [5, 5.41) is 3.14. The van der Waals surface area contributed by atoms with Gasteiger partial charge in [0.05, 0.1) is 19.1 Å². The van der Waals surface area contributed by atoms with Gasteiger partial charge in [-0.2, -0.15) is 0 Å². The Bertz CT molecular complexity index is 852. The lowest BCUT2D eigenvalue weighted by Gasteiger charge is -2.32. The molecular weight excluding hydrogens is 393 g/mol. The first-order valence-corrected chi connectivity index (χ1v) is 11.3. The number of nitrogens with zero attached hydrogens (tertiary/aromatic N) is 2. The van der Waals surface area contributed by atoms with Crippen LogP contribution < -0.4 is 5.32 Å². The zero-order valence-electron chi connectivity index (χ0n) is 18.1. The van der Waals surface area contributed by atoms with E-state index in [1.807, 2.05) is 12.1 Å². The van der Waals surface area contributed by atoms with Crippen LogP contribution in [0.5, 0.6) is 0 Å². The molecule has 2 aliphatic heterocycles. The molecule has 1 atom stereocenters. The molecule has 2 heterocycles. The number of hydrogen-bond acceptors (Lipinski definition) is 4. The third-order valence-electron chi connectivity index (χ3n) is 6.16. The molecule has 2 aromatic rings. The zero-order chi connectivity index (χ0) is 21.5. The van der Waals surface area contributed by atoms with Crippen molar-refractivity contribution in [2.45, 2.75) is 32.5 Å². The first kappa shape index (κ1) is 21.9. The van der Waals surface area contributed by atoms with Crippen molar-refractivity contribution in [3.63, 3.8) is 0 Å². The lowest BCUT2D eigenvalue weighted by Crippen LogP contribution is -2.42. The molecule has 31 heavy (non-hydrogen) atoms. The average Bonchev–Trinajstić information content (AvgIpc) is 2.80. The SMILES string of the molecule is O=C(NCc1cccc(CN2CCOCC2)c1)[C@@H]1CCCN(Cc2ccc(F)cc2)C1. The summed E-state index contributed by atoms with van der Waals surface area (Å²) in [6.45, 7) is 7.51. The Balaban J connectivity index is 1.26. The summed E-state index contributed by atoms with van der Waals surface area (Å²) < 4.78 is 18.5. The second-order valence-corrected chi connectivity index (χ2v) is 8.63. The number of halogens is 1. The van der Waals surface area contributed by atoms with Gasteiger partial charge in [-0.1, -0.05) is 36.4 Å². The molecule has 2 fully saturated rings. The van der Waals surface area contributed by atoms with Crippen molar-refractivity contribution in [3.8, 4) is 0 Å². The van der Waals surface area contributed by atoms with E-state index in [0.717, 1.165) is 76.5 Å². The van der Waals surface area contributed by atoms with Gasteiger partial charge in [-0.3, -0.25) is 14.6 Å². The molecule has 0 spiro atoms. The molecule has 5 nitrogen and oxygen atoms in total. The van der Waals surface area contributed by atoms with E-state index in [1.54, 1.807) is 0 Å². The predicted octanol–water partition coefficient (Wildman–Crippen LogP) is 3.19. The molecule has 1 N–H and O–H groups in total. The fourth-order valence-electron chi connectivity index (χ4n) is 4.45. The number of benzene rings is 2. The molecule has 0 bridgehead atoms. The Labute approximate surface area is 184 Å². The molecule has 0 aliphatic carbocycles. The standard InChI is InChI=1S/C25H32FN3O2/c26-24-8-6-20(7-9-24)17-29-10-2-5-23(19-29)25(30)27-16-21-3-1-4-22(15-21)18-28-11-13-31-14-12-28/h1,3-4,6-9,15,23H,2,5,10-14,16-19H2,(H,27,30)/t23-/m1/s1. The molecule has 0 saturated carbocycles. The van der Waals surface area contributed by atoms with Gasteiger partial charge in [-0.15, -0.1) is 0 Å². The second kappa shape index (κ2) is 10.8. The molecule has 2 saturated heterocycles. The largest absolute Gasteiger partial charge is 0.379 e. The first-order chi connectivity index (χ1) is 15.2. The molecule has 4 rings (SSSR count). The van der Waals surface area contributed by atoms with Gasteiger partial charge in [0, 0.05) is 39.3 Å². The maximum Gasteiger partial charge on any atom is 0.224 e. The summed E-state index contributed by atoms with van der Waals surface area (Å²) in [6, 6.07) is 15.1. The lowest BCUT2D eigenvalue weighted by atomic mass is 9.96. The molecule has 166 valence electrons. The van der Waals surface area contributed by atoms with Crippen LogP contribution in [-0.4, -0.2) is 55.1 Å². The number of likely N-dealkylation sites (tertiary alicyclic amines) is 1. The highest BCUT2D eigenvalue weighted by Gasteiger charge is 2.25. The van der Waals surface area contributed by atoms with Crippen molar-refractivity contribution >= 4 is 5.91 Å². The summed E-state index contributed by atoms with van der Waals surface area (Å²) in [6.07, 6.45) is 1.93. The predicted molar refractivity (Wildman–Crippen MR) is 119 cm³/mol. The number of ether oxygens (including phenoxy) is 1. The van der Waals surface area contributed by atoms with E-state index in [1.165, 1.54) is 17.7 Å². The van der Waals surface area contributed by atoms with E-state index in [9.17, 15) is 9.18 Å². The summed E-state index contributed by atoms with van der Waals surface area (Å²) >= 11 is 0. The van der Waals surface area contributed by atoms with Crippen LogP contribution in [0.25, 0.3) is 0 Å². The minimum atomic E-state index is -0.214. The molecule has 0 radical (unpaired) electrons.